The first-order valence-electron chi connectivity index (χ1n) is 9.67. The molecule has 0 radical (unpaired) electrons. The minimum atomic E-state index is -0.772. The molecule has 1 atom stereocenters. The zero-order chi connectivity index (χ0) is 20.2. The SMILES string of the molecule is Cn1cc2cc(C3=CC=C(F)C(C)(CN4Cc5ncccc5C4=O)C3)ccc2n1. The lowest BCUT2D eigenvalue weighted by atomic mass is 9.76. The number of amides is 1. The highest BCUT2D eigenvalue weighted by molar-refractivity contribution is 5.97. The van der Waals surface area contributed by atoms with Crippen molar-refractivity contribution in [2.45, 2.75) is 19.9 Å². The van der Waals surface area contributed by atoms with Gasteiger partial charge in [0.05, 0.1) is 23.3 Å². The van der Waals surface area contributed by atoms with Gasteiger partial charge in [-0.15, -0.1) is 0 Å². The number of fused-ring (bicyclic) bond motifs is 2. The number of carbonyl (C=O) groups is 1. The van der Waals surface area contributed by atoms with Gasteiger partial charge in [-0.25, -0.2) is 4.39 Å². The number of halogens is 1. The molecular weight excluding hydrogens is 367 g/mol. The summed E-state index contributed by atoms with van der Waals surface area (Å²) >= 11 is 0. The Labute approximate surface area is 168 Å². The van der Waals surface area contributed by atoms with Crippen molar-refractivity contribution in [3.05, 3.63) is 77.5 Å². The number of carbonyl (C=O) groups excluding carboxylic acids is 1. The lowest BCUT2D eigenvalue weighted by Gasteiger charge is -2.35. The van der Waals surface area contributed by atoms with Crippen molar-refractivity contribution >= 4 is 22.4 Å². The second-order valence-electron chi connectivity index (χ2n) is 8.18. The van der Waals surface area contributed by atoms with Crippen molar-refractivity contribution in [3.63, 3.8) is 0 Å². The van der Waals surface area contributed by atoms with Crippen LogP contribution < -0.4 is 0 Å². The van der Waals surface area contributed by atoms with E-state index in [1.807, 2.05) is 38.4 Å². The van der Waals surface area contributed by atoms with Crippen LogP contribution in [0.3, 0.4) is 0 Å². The molecule has 0 bridgehead atoms. The maximum atomic E-state index is 14.9. The van der Waals surface area contributed by atoms with E-state index in [4.69, 9.17) is 0 Å². The fraction of sp³-hybridized carbons (Fsp3) is 0.261. The van der Waals surface area contributed by atoms with Crippen LogP contribution in [0.2, 0.25) is 0 Å². The molecule has 0 spiro atoms. The average molecular weight is 388 g/mol. The monoisotopic (exact) mass is 388 g/mol. The quantitative estimate of drug-likeness (QED) is 0.673. The zero-order valence-corrected chi connectivity index (χ0v) is 16.4. The van der Waals surface area contributed by atoms with Gasteiger partial charge >= 0.3 is 0 Å². The number of hydrogen-bond acceptors (Lipinski definition) is 3. The van der Waals surface area contributed by atoms with E-state index in [2.05, 4.69) is 16.1 Å². The topological polar surface area (TPSA) is 51.0 Å². The lowest BCUT2D eigenvalue weighted by Crippen LogP contribution is -2.37. The third-order valence-corrected chi connectivity index (χ3v) is 5.87. The van der Waals surface area contributed by atoms with Gasteiger partial charge in [0.1, 0.15) is 5.83 Å². The summed E-state index contributed by atoms with van der Waals surface area (Å²) in [7, 11) is 1.90. The molecule has 2 aromatic heterocycles. The number of allylic oxidation sites excluding steroid dienone is 3. The Morgan fingerprint density at radius 1 is 1.24 bits per heavy atom. The zero-order valence-electron chi connectivity index (χ0n) is 16.4. The van der Waals surface area contributed by atoms with Gasteiger partial charge in [-0.05, 0) is 47.9 Å². The first-order valence-corrected chi connectivity index (χ1v) is 9.67. The minimum Gasteiger partial charge on any atom is -0.332 e. The number of nitrogens with zero attached hydrogens (tertiary/aromatic N) is 4. The van der Waals surface area contributed by atoms with E-state index < -0.39 is 5.41 Å². The van der Waals surface area contributed by atoms with Gasteiger partial charge in [-0.2, -0.15) is 5.10 Å². The molecule has 5 nitrogen and oxygen atoms in total. The first kappa shape index (κ1) is 17.8. The molecule has 0 saturated heterocycles. The van der Waals surface area contributed by atoms with Gasteiger partial charge in [0.25, 0.3) is 5.91 Å². The van der Waals surface area contributed by atoms with E-state index in [1.165, 1.54) is 6.08 Å². The molecule has 0 N–H and O–H groups in total. The van der Waals surface area contributed by atoms with Crippen LogP contribution in [-0.4, -0.2) is 32.1 Å². The molecule has 0 saturated carbocycles. The lowest BCUT2D eigenvalue weighted by molar-refractivity contribution is 0.0707. The summed E-state index contributed by atoms with van der Waals surface area (Å²) < 4.78 is 16.7. The molecule has 1 aromatic carbocycles. The van der Waals surface area contributed by atoms with Gasteiger partial charge in [0.2, 0.25) is 0 Å². The summed E-state index contributed by atoms with van der Waals surface area (Å²) in [5.74, 6) is -0.268. The van der Waals surface area contributed by atoms with Crippen LogP contribution >= 0.6 is 0 Å². The number of benzene rings is 1. The van der Waals surface area contributed by atoms with Crippen molar-refractivity contribution < 1.29 is 9.18 Å². The molecule has 1 aliphatic carbocycles. The van der Waals surface area contributed by atoms with Crippen LogP contribution in [0.15, 0.2) is 60.7 Å². The van der Waals surface area contributed by atoms with E-state index >= 15 is 0 Å². The summed E-state index contributed by atoms with van der Waals surface area (Å²) in [6, 6.07) is 9.66. The highest BCUT2D eigenvalue weighted by atomic mass is 19.1. The molecular formula is C23H21FN4O. The summed E-state index contributed by atoms with van der Waals surface area (Å²) in [4.78, 5) is 18.7. The largest absolute Gasteiger partial charge is 0.332 e. The maximum Gasteiger partial charge on any atom is 0.256 e. The second kappa shape index (κ2) is 6.37. The second-order valence-corrected chi connectivity index (χ2v) is 8.18. The van der Waals surface area contributed by atoms with E-state index in [-0.39, 0.29) is 11.7 Å². The predicted molar refractivity (Wildman–Crippen MR) is 110 cm³/mol. The van der Waals surface area contributed by atoms with Crippen molar-refractivity contribution in [3.8, 4) is 0 Å². The van der Waals surface area contributed by atoms with Crippen molar-refractivity contribution in [2.75, 3.05) is 6.54 Å². The summed E-state index contributed by atoms with van der Waals surface area (Å²) in [6.45, 7) is 2.63. The first-order chi connectivity index (χ1) is 13.9. The molecule has 3 heterocycles. The number of rotatable bonds is 3. The van der Waals surface area contributed by atoms with Gasteiger partial charge in [-0.3, -0.25) is 14.5 Å². The van der Waals surface area contributed by atoms with E-state index in [0.29, 0.717) is 25.1 Å². The van der Waals surface area contributed by atoms with Crippen LogP contribution in [0.25, 0.3) is 16.5 Å². The van der Waals surface area contributed by atoms with Crippen LogP contribution in [0, 0.1) is 5.41 Å². The van der Waals surface area contributed by atoms with E-state index in [1.54, 1.807) is 27.9 Å². The third-order valence-electron chi connectivity index (χ3n) is 5.87. The Morgan fingerprint density at radius 3 is 2.93 bits per heavy atom. The Kier molecular flexibility index (Phi) is 3.91. The van der Waals surface area contributed by atoms with Crippen LogP contribution in [0.1, 0.15) is 35.0 Å². The van der Waals surface area contributed by atoms with Crippen molar-refractivity contribution in [2.24, 2.45) is 12.5 Å². The van der Waals surface area contributed by atoms with Crippen molar-refractivity contribution in [1.29, 1.82) is 0 Å². The Balaban J connectivity index is 1.42. The smallest absolute Gasteiger partial charge is 0.256 e. The van der Waals surface area contributed by atoms with Crippen LogP contribution in [-0.2, 0) is 13.6 Å². The van der Waals surface area contributed by atoms with Gasteiger partial charge < -0.3 is 4.90 Å². The highest BCUT2D eigenvalue weighted by Gasteiger charge is 2.39. The maximum absolute atomic E-state index is 14.9. The third kappa shape index (κ3) is 2.95. The molecule has 1 aliphatic heterocycles. The molecule has 3 aromatic rings. The average Bonchev–Trinajstić information content (AvgIpc) is 3.22. The van der Waals surface area contributed by atoms with Gasteiger partial charge in [-0.1, -0.05) is 19.1 Å². The summed E-state index contributed by atoms with van der Waals surface area (Å²) in [5, 5.41) is 5.47. The van der Waals surface area contributed by atoms with Crippen molar-refractivity contribution in [1.82, 2.24) is 19.7 Å². The fourth-order valence-electron chi connectivity index (χ4n) is 4.35. The highest BCUT2D eigenvalue weighted by Crippen LogP contribution is 2.43. The number of hydrogen-bond donors (Lipinski definition) is 0. The molecule has 2 aliphatic rings. The molecule has 5 rings (SSSR count). The van der Waals surface area contributed by atoms with Gasteiger partial charge in [0.15, 0.2) is 0 Å². The molecule has 29 heavy (non-hydrogen) atoms. The Bertz CT molecular complexity index is 1210. The minimum absolute atomic E-state index is 0.0741. The normalized spacial score (nSPS) is 21.3. The van der Waals surface area contributed by atoms with E-state index in [9.17, 15) is 9.18 Å². The molecule has 6 heteroatoms. The summed E-state index contributed by atoms with van der Waals surface area (Å²) in [6.07, 6.45) is 7.57. The predicted octanol–water partition coefficient (Wildman–Crippen LogP) is 4.27. The summed E-state index contributed by atoms with van der Waals surface area (Å²) in [5.41, 5.74) is 3.66. The van der Waals surface area contributed by atoms with Crippen LogP contribution in [0.5, 0.6) is 0 Å². The molecule has 1 amide bonds. The number of aryl methyl sites for hydroxylation is 1. The van der Waals surface area contributed by atoms with E-state index in [0.717, 1.165) is 27.7 Å². The molecule has 146 valence electrons. The Hall–Kier alpha value is -3.28. The number of aromatic nitrogens is 3. The molecule has 0 fully saturated rings. The molecule has 1 unspecified atom stereocenters. The fourth-order valence-corrected chi connectivity index (χ4v) is 4.35. The van der Waals surface area contributed by atoms with Crippen LogP contribution in [0.4, 0.5) is 4.39 Å². The van der Waals surface area contributed by atoms with Gasteiger partial charge in [0, 0.05) is 36.8 Å². The number of pyridine rings is 1. The standard InChI is InChI=1S/C23H21FN4O/c1-23(14-28-13-20-18(22(28)29)4-3-9-25-20)11-16(6-8-21(23)24)15-5-7-19-17(10-15)12-27(2)26-19/h3-10,12H,11,13-14H2,1-2H3. The Morgan fingerprint density at radius 2 is 2.10 bits per heavy atom.